The second-order valence-electron chi connectivity index (χ2n) is 8.11. The van der Waals surface area contributed by atoms with Crippen LogP contribution in [0.4, 0.5) is 5.69 Å². The molecule has 0 aliphatic heterocycles. The largest absolute Gasteiger partial charge is 0.497 e. The van der Waals surface area contributed by atoms with Crippen LogP contribution in [0.2, 0.25) is 0 Å². The molecule has 3 aromatic rings. The lowest BCUT2D eigenvalue weighted by Gasteiger charge is -2.23. The highest BCUT2D eigenvalue weighted by Gasteiger charge is 2.19. The highest BCUT2D eigenvalue weighted by Crippen LogP contribution is 2.29. The zero-order valence-electron chi connectivity index (χ0n) is 20.0. The van der Waals surface area contributed by atoms with Gasteiger partial charge in [0.25, 0.3) is 5.91 Å². The number of methoxy groups -OCH3 is 2. The van der Waals surface area contributed by atoms with Crippen LogP contribution >= 0.6 is 0 Å². The van der Waals surface area contributed by atoms with E-state index in [1.54, 1.807) is 56.7 Å². The van der Waals surface area contributed by atoms with Crippen LogP contribution in [-0.4, -0.2) is 34.8 Å². The van der Waals surface area contributed by atoms with E-state index in [9.17, 15) is 13.2 Å². The smallest absolute Gasteiger partial charge is 0.251 e. The van der Waals surface area contributed by atoms with Gasteiger partial charge in [-0.05, 0) is 67.4 Å². The van der Waals surface area contributed by atoms with E-state index in [1.807, 2.05) is 38.1 Å². The van der Waals surface area contributed by atoms with Crippen LogP contribution < -0.4 is 19.1 Å². The molecule has 0 aliphatic rings. The third-order valence-electron chi connectivity index (χ3n) is 5.48. The Morgan fingerprint density at radius 3 is 2.29 bits per heavy atom. The van der Waals surface area contributed by atoms with Crippen LogP contribution in [0, 0.1) is 6.92 Å². The molecule has 1 amide bonds. The fourth-order valence-electron chi connectivity index (χ4n) is 3.65. The number of anilines is 1. The van der Waals surface area contributed by atoms with Crippen molar-refractivity contribution in [2.75, 3.05) is 24.8 Å². The number of aryl methyl sites for hydroxylation is 1. The van der Waals surface area contributed by atoms with E-state index < -0.39 is 10.0 Å². The molecule has 0 bridgehead atoms. The standard InChI is InChI=1S/C26H30N2O5S/c1-18-7-6-8-22(15-18)28(34(5,30)31)17-20-9-11-21(12-10-20)26(29)27-19(2)24-16-23(32-3)13-14-25(24)33-4/h6-16,19H,17H2,1-5H3,(H,27,29)/t19-/m1/s1. The maximum Gasteiger partial charge on any atom is 0.251 e. The summed E-state index contributed by atoms with van der Waals surface area (Å²) in [6.07, 6.45) is 1.19. The van der Waals surface area contributed by atoms with Gasteiger partial charge in [0.1, 0.15) is 11.5 Å². The van der Waals surface area contributed by atoms with Crippen LogP contribution in [0.15, 0.2) is 66.7 Å². The average Bonchev–Trinajstić information content (AvgIpc) is 2.81. The Balaban J connectivity index is 1.75. The summed E-state index contributed by atoms with van der Waals surface area (Å²) in [6.45, 7) is 3.95. The molecule has 8 heteroatoms. The monoisotopic (exact) mass is 482 g/mol. The van der Waals surface area contributed by atoms with Crippen molar-refractivity contribution in [3.63, 3.8) is 0 Å². The number of ether oxygens (including phenoxy) is 2. The van der Waals surface area contributed by atoms with E-state index in [0.717, 1.165) is 16.7 Å². The molecule has 3 aromatic carbocycles. The maximum atomic E-state index is 12.8. The summed E-state index contributed by atoms with van der Waals surface area (Å²) in [5.74, 6) is 1.08. The van der Waals surface area contributed by atoms with E-state index >= 15 is 0 Å². The summed E-state index contributed by atoms with van der Waals surface area (Å²) < 4.78 is 36.9. The molecule has 0 aliphatic carbocycles. The molecule has 7 nitrogen and oxygen atoms in total. The van der Waals surface area contributed by atoms with Gasteiger partial charge in [-0.1, -0.05) is 24.3 Å². The predicted octanol–water partition coefficient (Wildman–Crippen LogP) is 4.47. The van der Waals surface area contributed by atoms with Crippen molar-refractivity contribution in [2.45, 2.75) is 26.4 Å². The van der Waals surface area contributed by atoms with Crippen LogP contribution in [0.3, 0.4) is 0 Å². The summed E-state index contributed by atoms with van der Waals surface area (Å²) in [6, 6.07) is 19.4. The highest BCUT2D eigenvalue weighted by molar-refractivity contribution is 7.92. The maximum absolute atomic E-state index is 12.8. The van der Waals surface area contributed by atoms with Gasteiger partial charge in [0.15, 0.2) is 0 Å². The molecule has 1 atom stereocenters. The van der Waals surface area contributed by atoms with Crippen molar-refractivity contribution in [3.05, 3.63) is 89.0 Å². The van der Waals surface area contributed by atoms with Gasteiger partial charge in [0, 0.05) is 11.1 Å². The Kier molecular flexibility index (Phi) is 7.83. The molecular weight excluding hydrogens is 452 g/mol. The minimum atomic E-state index is -3.49. The molecule has 0 saturated carbocycles. The molecule has 3 rings (SSSR count). The van der Waals surface area contributed by atoms with Crippen molar-refractivity contribution >= 4 is 21.6 Å². The molecule has 1 N–H and O–H groups in total. The normalized spacial score (nSPS) is 12.0. The van der Waals surface area contributed by atoms with E-state index in [1.165, 1.54) is 10.6 Å². The van der Waals surface area contributed by atoms with E-state index in [0.29, 0.717) is 22.7 Å². The van der Waals surface area contributed by atoms with Gasteiger partial charge in [0.2, 0.25) is 10.0 Å². The fraction of sp³-hybridized carbons (Fsp3) is 0.269. The number of hydrogen-bond donors (Lipinski definition) is 1. The predicted molar refractivity (Wildman–Crippen MR) is 134 cm³/mol. The summed E-state index contributed by atoms with van der Waals surface area (Å²) in [5, 5.41) is 2.97. The number of benzene rings is 3. The summed E-state index contributed by atoms with van der Waals surface area (Å²) in [4.78, 5) is 12.8. The zero-order chi connectivity index (χ0) is 24.9. The molecule has 0 radical (unpaired) electrons. The molecule has 0 aromatic heterocycles. The van der Waals surface area contributed by atoms with Crippen LogP contribution in [0.1, 0.15) is 40.0 Å². The first-order valence-electron chi connectivity index (χ1n) is 10.8. The third-order valence-corrected chi connectivity index (χ3v) is 6.62. The Morgan fingerprint density at radius 2 is 1.71 bits per heavy atom. The SMILES string of the molecule is COc1ccc(OC)c([C@@H](C)NC(=O)c2ccc(CN(c3cccc(C)c3)S(C)(=O)=O)cc2)c1. The number of rotatable bonds is 9. The average molecular weight is 483 g/mol. The Hall–Kier alpha value is -3.52. The molecule has 0 unspecified atom stereocenters. The van der Waals surface area contributed by atoms with Gasteiger partial charge in [-0.25, -0.2) is 8.42 Å². The number of sulfonamides is 1. The van der Waals surface area contributed by atoms with Crippen molar-refractivity contribution < 1.29 is 22.7 Å². The minimum absolute atomic E-state index is 0.168. The lowest BCUT2D eigenvalue weighted by molar-refractivity contribution is 0.0939. The molecular formula is C26H30N2O5S. The van der Waals surface area contributed by atoms with E-state index in [-0.39, 0.29) is 18.5 Å². The van der Waals surface area contributed by atoms with Crippen molar-refractivity contribution in [1.29, 1.82) is 0 Å². The van der Waals surface area contributed by atoms with Gasteiger partial charge >= 0.3 is 0 Å². The fourth-order valence-corrected chi connectivity index (χ4v) is 4.53. The second kappa shape index (κ2) is 10.6. The van der Waals surface area contributed by atoms with Crippen LogP contribution in [-0.2, 0) is 16.6 Å². The number of hydrogen-bond acceptors (Lipinski definition) is 5. The Labute approximate surface area is 201 Å². The summed E-state index contributed by atoms with van der Waals surface area (Å²) in [5.41, 5.74) is 3.61. The number of nitrogens with one attached hydrogen (secondary N) is 1. The first-order chi connectivity index (χ1) is 16.1. The third kappa shape index (κ3) is 6.08. The summed E-state index contributed by atoms with van der Waals surface area (Å²) >= 11 is 0. The van der Waals surface area contributed by atoms with Gasteiger partial charge in [-0.3, -0.25) is 9.10 Å². The van der Waals surface area contributed by atoms with Gasteiger partial charge in [0.05, 0.1) is 38.7 Å². The first-order valence-corrected chi connectivity index (χ1v) is 12.6. The van der Waals surface area contributed by atoms with E-state index in [4.69, 9.17) is 9.47 Å². The van der Waals surface area contributed by atoms with Crippen molar-refractivity contribution in [1.82, 2.24) is 5.32 Å². The Bertz CT molecular complexity index is 1260. The quantitative estimate of drug-likeness (QED) is 0.486. The zero-order valence-corrected chi connectivity index (χ0v) is 20.8. The van der Waals surface area contributed by atoms with E-state index in [2.05, 4.69) is 5.32 Å². The molecule has 180 valence electrons. The van der Waals surface area contributed by atoms with Crippen LogP contribution in [0.5, 0.6) is 11.5 Å². The molecule has 34 heavy (non-hydrogen) atoms. The number of carbonyl (C=O) groups is 1. The van der Waals surface area contributed by atoms with Gasteiger partial charge < -0.3 is 14.8 Å². The minimum Gasteiger partial charge on any atom is -0.497 e. The second-order valence-corrected chi connectivity index (χ2v) is 10.0. The van der Waals surface area contributed by atoms with Crippen LogP contribution in [0.25, 0.3) is 0 Å². The number of carbonyl (C=O) groups excluding carboxylic acids is 1. The Morgan fingerprint density at radius 1 is 1.00 bits per heavy atom. The van der Waals surface area contributed by atoms with Gasteiger partial charge in [-0.15, -0.1) is 0 Å². The molecule has 0 fully saturated rings. The van der Waals surface area contributed by atoms with Crippen molar-refractivity contribution in [2.24, 2.45) is 0 Å². The highest BCUT2D eigenvalue weighted by atomic mass is 32.2. The van der Waals surface area contributed by atoms with Gasteiger partial charge in [-0.2, -0.15) is 0 Å². The molecule has 0 spiro atoms. The molecule has 0 heterocycles. The lowest BCUT2D eigenvalue weighted by Crippen LogP contribution is -2.29. The molecule has 0 saturated heterocycles. The lowest BCUT2D eigenvalue weighted by atomic mass is 10.1. The summed E-state index contributed by atoms with van der Waals surface area (Å²) in [7, 11) is -0.324. The number of amides is 1. The number of nitrogens with zero attached hydrogens (tertiary/aromatic N) is 1. The first kappa shape index (κ1) is 25.1. The topological polar surface area (TPSA) is 84.9 Å². The van der Waals surface area contributed by atoms with Crippen molar-refractivity contribution in [3.8, 4) is 11.5 Å².